The summed E-state index contributed by atoms with van der Waals surface area (Å²) in [5, 5.41) is 7.85. The number of thiazole rings is 1. The fourth-order valence-electron chi connectivity index (χ4n) is 2.75. The first-order valence-electron chi connectivity index (χ1n) is 8.94. The van der Waals surface area contributed by atoms with Crippen LogP contribution >= 0.6 is 11.3 Å². The molecule has 0 unspecified atom stereocenters. The first kappa shape index (κ1) is 19.1. The van der Waals surface area contributed by atoms with E-state index in [1.54, 1.807) is 11.3 Å². The molecular weight excluding hydrogens is 320 g/mol. The van der Waals surface area contributed by atoms with Gasteiger partial charge < -0.3 is 20.4 Å². The number of guanidine groups is 1. The Labute approximate surface area is 150 Å². The van der Waals surface area contributed by atoms with Gasteiger partial charge in [0, 0.05) is 37.6 Å². The van der Waals surface area contributed by atoms with Gasteiger partial charge in [-0.1, -0.05) is 0 Å². The summed E-state index contributed by atoms with van der Waals surface area (Å²) >= 11 is 1.74. The summed E-state index contributed by atoms with van der Waals surface area (Å²) in [5.41, 5.74) is 1.12. The number of aliphatic imine (C=N–C) groups is 1. The lowest BCUT2D eigenvalue weighted by Gasteiger charge is -2.21. The Kier molecular flexibility index (Phi) is 7.94. The Morgan fingerprint density at radius 2 is 2.04 bits per heavy atom. The zero-order chi connectivity index (χ0) is 17.4. The normalized spacial score (nSPS) is 17.8. The number of likely N-dealkylation sites (N-methyl/N-ethyl adjacent to an activating group) is 1. The van der Waals surface area contributed by atoms with Gasteiger partial charge in [0.05, 0.1) is 12.2 Å². The lowest BCUT2D eigenvalue weighted by molar-refractivity contribution is 0.280. The standard InChI is InChI=1S/C17H32N6S/c1-5-18-17(20-13-16-21-14(2)15(3)24-16)19-7-10-23-9-6-8-22(4)11-12-23/h5-13H2,1-4H3,(H2,18,19,20). The van der Waals surface area contributed by atoms with Crippen LogP contribution in [0, 0.1) is 13.8 Å². The SMILES string of the molecule is CCNC(=NCc1nc(C)c(C)s1)NCCN1CCCN(C)CC1. The lowest BCUT2D eigenvalue weighted by atomic mass is 10.4. The van der Waals surface area contributed by atoms with Crippen molar-refractivity contribution in [3.63, 3.8) is 0 Å². The van der Waals surface area contributed by atoms with Crippen LogP contribution in [-0.4, -0.2) is 73.6 Å². The zero-order valence-corrected chi connectivity index (χ0v) is 16.4. The van der Waals surface area contributed by atoms with Gasteiger partial charge in [-0.15, -0.1) is 11.3 Å². The molecule has 2 rings (SSSR count). The maximum Gasteiger partial charge on any atom is 0.191 e. The third kappa shape index (κ3) is 6.37. The second kappa shape index (κ2) is 9.96. The highest BCUT2D eigenvalue weighted by molar-refractivity contribution is 7.11. The van der Waals surface area contributed by atoms with E-state index in [-0.39, 0.29) is 0 Å². The summed E-state index contributed by atoms with van der Waals surface area (Å²) in [7, 11) is 2.21. The van der Waals surface area contributed by atoms with Crippen molar-refractivity contribution in [2.75, 3.05) is 52.9 Å². The van der Waals surface area contributed by atoms with E-state index in [1.165, 1.54) is 24.4 Å². The van der Waals surface area contributed by atoms with E-state index in [0.29, 0.717) is 6.54 Å². The molecule has 0 atom stereocenters. The van der Waals surface area contributed by atoms with Crippen LogP contribution in [-0.2, 0) is 6.54 Å². The third-order valence-corrected chi connectivity index (χ3v) is 5.38. The average Bonchev–Trinajstić information content (AvgIpc) is 2.74. The molecule has 2 heterocycles. The highest BCUT2D eigenvalue weighted by Gasteiger charge is 2.11. The van der Waals surface area contributed by atoms with Gasteiger partial charge in [0.25, 0.3) is 0 Å². The molecule has 24 heavy (non-hydrogen) atoms. The van der Waals surface area contributed by atoms with Crippen LogP contribution in [0.25, 0.3) is 0 Å². The molecule has 2 N–H and O–H groups in total. The van der Waals surface area contributed by atoms with Crippen molar-refractivity contribution in [3.05, 3.63) is 15.6 Å². The highest BCUT2D eigenvalue weighted by Crippen LogP contribution is 2.16. The van der Waals surface area contributed by atoms with Crippen molar-refractivity contribution in [2.24, 2.45) is 4.99 Å². The minimum absolute atomic E-state index is 0.642. The van der Waals surface area contributed by atoms with Gasteiger partial charge in [-0.25, -0.2) is 9.98 Å². The fraction of sp³-hybridized carbons (Fsp3) is 0.765. The first-order valence-corrected chi connectivity index (χ1v) is 9.76. The number of nitrogens with one attached hydrogen (secondary N) is 2. The molecule has 7 heteroatoms. The molecular formula is C17H32N6S. The van der Waals surface area contributed by atoms with Crippen LogP contribution in [0.5, 0.6) is 0 Å². The quantitative estimate of drug-likeness (QED) is 0.600. The predicted octanol–water partition coefficient (Wildman–Crippen LogP) is 1.45. The summed E-state index contributed by atoms with van der Waals surface area (Å²) in [6.07, 6.45) is 1.26. The Bertz CT molecular complexity index is 508. The molecule has 1 fully saturated rings. The lowest BCUT2D eigenvalue weighted by Crippen LogP contribution is -2.42. The van der Waals surface area contributed by atoms with Crippen LogP contribution in [0.3, 0.4) is 0 Å². The van der Waals surface area contributed by atoms with Crippen molar-refractivity contribution < 1.29 is 0 Å². The number of nitrogens with zero attached hydrogens (tertiary/aromatic N) is 4. The number of hydrogen-bond donors (Lipinski definition) is 2. The molecule has 0 amide bonds. The van der Waals surface area contributed by atoms with Gasteiger partial charge in [0.15, 0.2) is 5.96 Å². The van der Waals surface area contributed by atoms with Crippen molar-refractivity contribution in [1.82, 2.24) is 25.4 Å². The van der Waals surface area contributed by atoms with Crippen molar-refractivity contribution in [2.45, 2.75) is 33.7 Å². The number of aryl methyl sites for hydroxylation is 2. The smallest absolute Gasteiger partial charge is 0.191 e. The second-order valence-electron chi connectivity index (χ2n) is 6.37. The maximum absolute atomic E-state index is 4.67. The number of rotatable bonds is 6. The van der Waals surface area contributed by atoms with Crippen molar-refractivity contribution in [1.29, 1.82) is 0 Å². The Balaban J connectivity index is 1.78. The third-order valence-electron chi connectivity index (χ3n) is 4.32. The summed E-state index contributed by atoms with van der Waals surface area (Å²) < 4.78 is 0. The van der Waals surface area contributed by atoms with Crippen LogP contribution in [0.15, 0.2) is 4.99 Å². The topological polar surface area (TPSA) is 55.8 Å². The molecule has 1 saturated heterocycles. The van der Waals surface area contributed by atoms with Gasteiger partial charge in [0.2, 0.25) is 0 Å². The monoisotopic (exact) mass is 352 g/mol. The van der Waals surface area contributed by atoms with E-state index in [9.17, 15) is 0 Å². The van der Waals surface area contributed by atoms with Gasteiger partial charge >= 0.3 is 0 Å². The molecule has 1 aliphatic rings. The summed E-state index contributed by atoms with van der Waals surface area (Å²) in [6.45, 7) is 14.5. The average molecular weight is 353 g/mol. The van der Waals surface area contributed by atoms with Crippen LogP contribution in [0.2, 0.25) is 0 Å². The largest absolute Gasteiger partial charge is 0.357 e. The molecule has 0 bridgehead atoms. The van der Waals surface area contributed by atoms with Gasteiger partial charge in [-0.3, -0.25) is 0 Å². The van der Waals surface area contributed by atoms with E-state index in [1.807, 2.05) is 0 Å². The second-order valence-corrected chi connectivity index (χ2v) is 7.66. The minimum Gasteiger partial charge on any atom is -0.357 e. The Morgan fingerprint density at radius 3 is 2.75 bits per heavy atom. The molecule has 136 valence electrons. The predicted molar refractivity (Wildman–Crippen MR) is 103 cm³/mol. The molecule has 1 aromatic rings. The summed E-state index contributed by atoms with van der Waals surface area (Å²) in [4.78, 5) is 15.5. The van der Waals surface area contributed by atoms with Crippen LogP contribution in [0.4, 0.5) is 0 Å². The maximum atomic E-state index is 4.67. The van der Waals surface area contributed by atoms with Gasteiger partial charge in [-0.2, -0.15) is 0 Å². The van der Waals surface area contributed by atoms with E-state index in [2.05, 4.69) is 58.2 Å². The molecule has 0 spiro atoms. The highest BCUT2D eigenvalue weighted by atomic mass is 32.1. The fourth-order valence-corrected chi connectivity index (χ4v) is 3.61. The molecule has 0 aliphatic carbocycles. The molecule has 0 saturated carbocycles. The summed E-state index contributed by atoms with van der Waals surface area (Å²) in [6, 6.07) is 0. The molecule has 6 nitrogen and oxygen atoms in total. The Hall–Kier alpha value is -1.18. The number of aromatic nitrogens is 1. The van der Waals surface area contributed by atoms with Gasteiger partial charge in [-0.05, 0) is 47.3 Å². The van der Waals surface area contributed by atoms with Gasteiger partial charge in [0.1, 0.15) is 5.01 Å². The Morgan fingerprint density at radius 1 is 1.21 bits per heavy atom. The molecule has 0 radical (unpaired) electrons. The van der Waals surface area contributed by atoms with E-state index >= 15 is 0 Å². The van der Waals surface area contributed by atoms with Crippen molar-refractivity contribution in [3.8, 4) is 0 Å². The molecule has 0 aromatic carbocycles. The van der Waals surface area contributed by atoms with Crippen LogP contribution in [0.1, 0.15) is 28.9 Å². The summed E-state index contributed by atoms with van der Waals surface area (Å²) in [5.74, 6) is 0.884. The van der Waals surface area contributed by atoms with E-state index in [4.69, 9.17) is 0 Å². The molecule has 1 aromatic heterocycles. The minimum atomic E-state index is 0.642. The van der Waals surface area contributed by atoms with Crippen LogP contribution < -0.4 is 10.6 Å². The number of hydrogen-bond acceptors (Lipinski definition) is 5. The van der Waals surface area contributed by atoms with Crippen molar-refractivity contribution >= 4 is 17.3 Å². The van der Waals surface area contributed by atoms with E-state index < -0.39 is 0 Å². The first-order chi connectivity index (χ1) is 11.6. The zero-order valence-electron chi connectivity index (χ0n) is 15.6. The van der Waals surface area contributed by atoms with E-state index in [0.717, 1.165) is 49.4 Å². The molecule has 1 aliphatic heterocycles.